The van der Waals surface area contributed by atoms with Gasteiger partial charge in [-0.2, -0.15) is 13.2 Å². The van der Waals surface area contributed by atoms with Gasteiger partial charge in [0.1, 0.15) is 5.82 Å². The molecule has 0 unspecified atom stereocenters. The number of aliphatic hydroxyl groups is 1. The van der Waals surface area contributed by atoms with Crippen LogP contribution in [0.4, 0.5) is 17.6 Å². The van der Waals surface area contributed by atoms with Crippen LogP contribution < -0.4 is 5.32 Å². The molecule has 0 spiro atoms. The highest BCUT2D eigenvalue weighted by molar-refractivity contribution is 5.85. The zero-order chi connectivity index (χ0) is 16.2. The van der Waals surface area contributed by atoms with Crippen LogP contribution in [-0.4, -0.2) is 42.8 Å². The average Bonchev–Trinajstić information content (AvgIpc) is 2.47. The minimum Gasteiger partial charge on any atom is -0.396 e. The van der Waals surface area contributed by atoms with Crippen molar-refractivity contribution in [3.05, 3.63) is 35.1 Å². The summed E-state index contributed by atoms with van der Waals surface area (Å²) >= 11 is 0. The maximum Gasteiger partial charge on any atom is 0.419 e. The van der Waals surface area contributed by atoms with E-state index in [9.17, 15) is 17.6 Å². The van der Waals surface area contributed by atoms with Gasteiger partial charge in [0.25, 0.3) is 0 Å². The van der Waals surface area contributed by atoms with Crippen molar-refractivity contribution in [3.8, 4) is 0 Å². The molecule has 2 N–H and O–H groups in total. The van der Waals surface area contributed by atoms with E-state index in [4.69, 9.17) is 5.11 Å². The number of piperazine rings is 1. The van der Waals surface area contributed by atoms with Crippen LogP contribution in [0.15, 0.2) is 18.2 Å². The first-order valence-electron chi connectivity index (χ1n) is 7.35. The summed E-state index contributed by atoms with van der Waals surface area (Å²) in [6, 6.07) is 2.95. The van der Waals surface area contributed by atoms with Crippen LogP contribution >= 0.6 is 12.4 Å². The molecule has 1 heterocycles. The van der Waals surface area contributed by atoms with Gasteiger partial charge in [-0.15, -0.1) is 12.4 Å². The van der Waals surface area contributed by atoms with Gasteiger partial charge < -0.3 is 10.4 Å². The maximum absolute atomic E-state index is 13.8. The molecule has 2 rings (SSSR count). The van der Waals surface area contributed by atoms with Crippen molar-refractivity contribution in [2.75, 3.05) is 32.8 Å². The Balaban J connectivity index is 0.00000264. The first-order valence-corrected chi connectivity index (χ1v) is 7.35. The van der Waals surface area contributed by atoms with Crippen molar-refractivity contribution in [1.29, 1.82) is 0 Å². The highest BCUT2D eigenvalue weighted by atomic mass is 35.5. The summed E-state index contributed by atoms with van der Waals surface area (Å²) in [6.07, 6.45) is -3.57. The van der Waals surface area contributed by atoms with Gasteiger partial charge in [0.2, 0.25) is 0 Å². The molecule has 23 heavy (non-hydrogen) atoms. The van der Waals surface area contributed by atoms with E-state index in [-0.39, 0.29) is 25.1 Å². The van der Waals surface area contributed by atoms with Crippen molar-refractivity contribution in [2.45, 2.75) is 25.1 Å². The number of hydrogen-bond donors (Lipinski definition) is 2. The second-order valence-electron chi connectivity index (χ2n) is 5.40. The fourth-order valence-electron chi connectivity index (χ4n) is 2.81. The third-order valence-corrected chi connectivity index (χ3v) is 3.91. The lowest BCUT2D eigenvalue weighted by Crippen LogP contribution is -2.45. The highest BCUT2D eigenvalue weighted by Crippen LogP contribution is 2.34. The third kappa shape index (κ3) is 5.31. The quantitative estimate of drug-likeness (QED) is 0.796. The number of benzene rings is 1. The van der Waals surface area contributed by atoms with Crippen LogP contribution in [0.2, 0.25) is 0 Å². The van der Waals surface area contributed by atoms with E-state index in [0.717, 1.165) is 38.3 Å². The maximum atomic E-state index is 13.8. The van der Waals surface area contributed by atoms with E-state index in [2.05, 4.69) is 10.2 Å². The summed E-state index contributed by atoms with van der Waals surface area (Å²) < 4.78 is 51.7. The Morgan fingerprint density at radius 1 is 1.22 bits per heavy atom. The largest absolute Gasteiger partial charge is 0.419 e. The van der Waals surface area contributed by atoms with Gasteiger partial charge in [0.05, 0.1) is 5.56 Å². The number of alkyl halides is 3. The molecule has 1 fully saturated rings. The molecular formula is C15H21ClF4N2O. The smallest absolute Gasteiger partial charge is 0.396 e. The normalized spacial score (nSPS) is 17.6. The van der Waals surface area contributed by atoms with Gasteiger partial charge in [-0.05, 0) is 30.5 Å². The fraction of sp³-hybridized carbons (Fsp3) is 0.600. The van der Waals surface area contributed by atoms with Crippen molar-refractivity contribution < 1.29 is 22.7 Å². The predicted molar refractivity (Wildman–Crippen MR) is 82.2 cm³/mol. The van der Waals surface area contributed by atoms with Gasteiger partial charge in [-0.3, -0.25) is 4.90 Å². The Bertz CT molecular complexity index is 493. The molecule has 1 saturated heterocycles. The Hall–Kier alpha value is -0.890. The number of aliphatic hydroxyl groups excluding tert-OH is 1. The molecule has 0 aromatic heterocycles. The summed E-state index contributed by atoms with van der Waals surface area (Å²) in [5, 5.41) is 12.2. The van der Waals surface area contributed by atoms with E-state index in [1.165, 1.54) is 6.07 Å². The molecule has 1 aliphatic rings. The van der Waals surface area contributed by atoms with E-state index in [0.29, 0.717) is 18.4 Å². The highest BCUT2D eigenvalue weighted by Gasteiger charge is 2.34. The van der Waals surface area contributed by atoms with Crippen molar-refractivity contribution in [2.24, 2.45) is 0 Å². The van der Waals surface area contributed by atoms with Crippen LogP contribution in [0.5, 0.6) is 0 Å². The zero-order valence-electron chi connectivity index (χ0n) is 12.6. The topological polar surface area (TPSA) is 35.5 Å². The number of nitrogens with one attached hydrogen (secondary N) is 1. The lowest BCUT2D eigenvalue weighted by molar-refractivity contribution is -0.140. The minimum atomic E-state index is -4.68. The molecule has 0 amide bonds. The molecule has 0 radical (unpaired) electrons. The SMILES string of the molecule is Cl.OCCC[C@H](c1ccc(C(F)(F)F)c(F)c1)N1CCNCC1. The molecule has 3 nitrogen and oxygen atoms in total. The number of halogens is 5. The lowest BCUT2D eigenvalue weighted by Gasteiger charge is -2.35. The second kappa shape index (κ2) is 8.82. The van der Waals surface area contributed by atoms with E-state index < -0.39 is 17.6 Å². The van der Waals surface area contributed by atoms with Crippen molar-refractivity contribution in [3.63, 3.8) is 0 Å². The summed E-state index contributed by atoms with van der Waals surface area (Å²) in [4.78, 5) is 2.12. The molecule has 0 aliphatic carbocycles. The Labute approximate surface area is 139 Å². The number of rotatable bonds is 5. The first-order chi connectivity index (χ1) is 10.4. The Kier molecular flexibility index (Phi) is 7.73. The van der Waals surface area contributed by atoms with Crippen molar-refractivity contribution in [1.82, 2.24) is 10.2 Å². The first kappa shape index (κ1) is 20.2. The van der Waals surface area contributed by atoms with Gasteiger partial charge >= 0.3 is 6.18 Å². The van der Waals surface area contributed by atoms with Crippen molar-refractivity contribution >= 4 is 12.4 Å². The van der Waals surface area contributed by atoms with E-state index in [1.54, 1.807) is 0 Å². The van der Waals surface area contributed by atoms with Gasteiger partial charge in [-0.1, -0.05) is 6.07 Å². The van der Waals surface area contributed by atoms with Gasteiger partial charge in [0.15, 0.2) is 0 Å². The average molecular weight is 357 g/mol. The summed E-state index contributed by atoms with van der Waals surface area (Å²) in [7, 11) is 0. The van der Waals surface area contributed by atoms with Gasteiger partial charge in [-0.25, -0.2) is 4.39 Å². The van der Waals surface area contributed by atoms with Crippen LogP contribution in [0.3, 0.4) is 0 Å². The second-order valence-corrected chi connectivity index (χ2v) is 5.40. The lowest BCUT2D eigenvalue weighted by atomic mass is 9.98. The van der Waals surface area contributed by atoms with E-state index in [1.807, 2.05) is 0 Å². The molecule has 1 aromatic rings. The van der Waals surface area contributed by atoms with Crippen LogP contribution in [0, 0.1) is 5.82 Å². The van der Waals surface area contributed by atoms with Crippen LogP contribution in [-0.2, 0) is 6.18 Å². The Morgan fingerprint density at radius 2 is 1.87 bits per heavy atom. The molecule has 1 aromatic carbocycles. The standard InChI is InChI=1S/C15H20F4N2O.ClH/c16-13-10-11(3-4-12(13)15(17,18)19)14(2-1-9-22)21-7-5-20-6-8-21;/h3-4,10,14,20,22H,1-2,5-9H2;1H/t14-;/m1./s1. The van der Waals surface area contributed by atoms with Crippen LogP contribution in [0.25, 0.3) is 0 Å². The third-order valence-electron chi connectivity index (χ3n) is 3.91. The molecule has 1 atom stereocenters. The molecule has 0 bridgehead atoms. The summed E-state index contributed by atoms with van der Waals surface area (Å²) in [5.74, 6) is -1.24. The fourth-order valence-corrected chi connectivity index (χ4v) is 2.81. The summed E-state index contributed by atoms with van der Waals surface area (Å²) in [6.45, 7) is 3.08. The molecule has 132 valence electrons. The molecule has 1 aliphatic heterocycles. The molecular weight excluding hydrogens is 336 g/mol. The zero-order valence-corrected chi connectivity index (χ0v) is 13.4. The monoisotopic (exact) mass is 356 g/mol. The predicted octanol–water partition coefficient (Wildman–Crippen LogP) is 2.99. The van der Waals surface area contributed by atoms with Crippen LogP contribution in [0.1, 0.15) is 30.0 Å². The molecule has 8 heteroatoms. The summed E-state index contributed by atoms with van der Waals surface area (Å²) in [5.41, 5.74) is -0.710. The minimum absolute atomic E-state index is 0. The number of nitrogens with zero attached hydrogens (tertiary/aromatic N) is 1. The molecule has 0 saturated carbocycles. The number of hydrogen-bond acceptors (Lipinski definition) is 3. The Morgan fingerprint density at radius 3 is 2.39 bits per heavy atom. The van der Waals surface area contributed by atoms with Gasteiger partial charge in [0, 0.05) is 38.8 Å². The van der Waals surface area contributed by atoms with E-state index >= 15 is 0 Å².